The molecule has 24 heavy (non-hydrogen) atoms. The van der Waals surface area contributed by atoms with E-state index in [1.807, 2.05) is 0 Å². The van der Waals surface area contributed by atoms with Crippen LogP contribution in [0.25, 0.3) is 0 Å². The molecule has 0 saturated carbocycles. The molecule has 6 nitrogen and oxygen atoms in total. The highest BCUT2D eigenvalue weighted by atomic mass is 35.5. The smallest absolute Gasteiger partial charge is 0.267 e. The minimum atomic E-state index is -4.34. The number of carbonyl (C=O) groups is 1. The molecule has 2 rings (SSSR count). The Morgan fingerprint density at radius 2 is 2.25 bits per heavy atom. The summed E-state index contributed by atoms with van der Waals surface area (Å²) in [5.74, 6) is -1.91. The minimum absolute atomic E-state index is 0.0574. The minimum Gasteiger partial charge on any atom is -0.376 e. The first-order chi connectivity index (χ1) is 11.3. The summed E-state index contributed by atoms with van der Waals surface area (Å²) < 4.78 is 50.5. The number of rotatable bonds is 6. The molecule has 1 aliphatic heterocycles. The number of sulfonamides is 1. The largest absolute Gasteiger partial charge is 0.376 e. The molecule has 0 aliphatic carbocycles. The fourth-order valence-corrected chi connectivity index (χ4v) is 3.49. The monoisotopic (exact) mass is 379 g/mol. The third-order valence-electron chi connectivity index (χ3n) is 3.59. The highest BCUT2D eigenvalue weighted by Gasteiger charge is 2.26. The zero-order valence-electron chi connectivity index (χ0n) is 13.1. The maximum atomic E-state index is 13.7. The molecule has 1 aromatic rings. The number of amides is 1. The first kappa shape index (κ1) is 19.1. The van der Waals surface area contributed by atoms with E-state index in [0.717, 1.165) is 31.4 Å². The lowest BCUT2D eigenvalue weighted by Gasteiger charge is -2.23. The van der Waals surface area contributed by atoms with Gasteiger partial charge in [-0.2, -0.15) is 0 Å². The summed E-state index contributed by atoms with van der Waals surface area (Å²) in [7, 11) is -4.34. The molecule has 134 valence electrons. The third-order valence-corrected chi connectivity index (χ3v) is 5.21. The fraction of sp³-hybridized carbons (Fsp3) is 0.533. The Kier molecular flexibility index (Phi) is 6.56. The van der Waals surface area contributed by atoms with Crippen LogP contribution in [0.4, 0.5) is 4.39 Å². The van der Waals surface area contributed by atoms with Crippen molar-refractivity contribution in [1.82, 2.24) is 4.72 Å². The van der Waals surface area contributed by atoms with E-state index in [0.29, 0.717) is 6.61 Å². The Bertz CT molecular complexity index is 691. The maximum absolute atomic E-state index is 13.7. The van der Waals surface area contributed by atoms with Crippen LogP contribution < -0.4 is 4.72 Å². The highest BCUT2D eigenvalue weighted by Crippen LogP contribution is 2.19. The van der Waals surface area contributed by atoms with Crippen LogP contribution in [-0.2, 0) is 24.3 Å². The van der Waals surface area contributed by atoms with Crippen LogP contribution in [0, 0.1) is 5.82 Å². The van der Waals surface area contributed by atoms with E-state index in [1.54, 1.807) is 4.72 Å². The van der Waals surface area contributed by atoms with Crippen molar-refractivity contribution < 1.29 is 27.1 Å². The Labute approximate surface area is 145 Å². The molecule has 9 heteroatoms. The first-order valence-electron chi connectivity index (χ1n) is 7.54. The van der Waals surface area contributed by atoms with E-state index in [2.05, 4.69) is 0 Å². The fourth-order valence-electron chi connectivity index (χ4n) is 2.23. The number of halogens is 2. The average molecular weight is 380 g/mol. The van der Waals surface area contributed by atoms with Gasteiger partial charge in [0.1, 0.15) is 16.8 Å². The van der Waals surface area contributed by atoms with Crippen LogP contribution in [0.3, 0.4) is 0 Å². The lowest BCUT2D eigenvalue weighted by Crippen LogP contribution is -2.40. The van der Waals surface area contributed by atoms with Gasteiger partial charge in [-0.15, -0.1) is 0 Å². The molecule has 1 saturated heterocycles. The summed E-state index contributed by atoms with van der Waals surface area (Å²) in [4.78, 5) is 11.3. The van der Waals surface area contributed by atoms with Gasteiger partial charge in [-0.25, -0.2) is 17.5 Å². The van der Waals surface area contributed by atoms with E-state index < -0.39 is 32.7 Å². The maximum Gasteiger partial charge on any atom is 0.267 e. The van der Waals surface area contributed by atoms with Gasteiger partial charge >= 0.3 is 0 Å². The summed E-state index contributed by atoms with van der Waals surface area (Å²) in [6.07, 6.45) is 1.75. The van der Waals surface area contributed by atoms with Gasteiger partial charge in [-0.1, -0.05) is 11.6 Å². The number of ether oxygens (including phenoxy) is 2. The second-order valence-corrected chi connectivity index (χ2v) is 7.60. The van der Waals surface area contributed by atoms with Gasteiger partial charge in [0.25, 0.3) is 15.9 Å². The van der Waals surface area contributed by atoms with E-state index in [4.69, 9.17) is 21.1 Å². The van der Waals surface area contributed by atoms with Crippen LogP contribution in [0.5, 0.6) is 0 Å². The first-order valence-corrected chi connectivity index (χ1v) is 9.40. The molecular formula is C15H19ClFNO5S. The molecule has 0 aromatic heterocycles. The molecular weight excluding hydrogens is 361 g/mol. The van der Waals surface area contributed by atoms with Gasteiger partial charge in [0, 0.05) is 11.6 Å². The average Bonchev–Trinajstić information content (AvgIpc) is 2.52. The third kappa shape index (κ3) is 5.14. The molecule has 1 heterocycles. The molecule has 1 amide bonds. The van der Waals surface area contributed by atoms with Crippen LogP contribution in [0.15, 0.2) is 23.1 Å². The number of hydrogen-bond acceptors (Lipinski definition) is 5. The number of benzene rings is 1. The Morgan fingerprint density at radius 1 is 1.50 bits per heavy atom. The molecule has 1 aromatic carbocycles. The van der Waals surface area contributed by atoms with E-state index in [1.165, 1.54) is 13.0 Å². The van der Waals surface area contributed by atoms with Crippen molar-refractivity contribution in [2.24, 2.45) is 0 Å². The predicted octanol–water partition coefficient (Wildman–Crippen LogP) is 2.26. The lowest BCUT2D eigenvalue weighted by atomic mass is 10.1. The van der Waals surface area contributed by atoms with Crippen LogP contribution in [-0.4, -0.2) is 39.7 Å². The van der Waals surface area contributed by atoms with Crippen molar-refractivity contribution in [2.75, 3.05) is 13.2 Å². The molecule has 1 fully saturated rings. The number of hydrogen-bond donors (Lipinski definition) is 1. The van der Waals surface area contributed by atoms with Crippen molar-refractivity contribution in [1.29, 1.82) is 0 Å². The highest BCUT2D eigenvalue weighted by molar-refractivity contribution is 7.90. The van der Waals surface area contributed by atoms with Gasteiger partial charge < -0.3 is 9.47 Å². The van der Waals surface area contributed by atoms with Crippen LogP contribution >= 0.6 is 11.6 Å². The van der Waals surface area contributed by atoms with E-state index in [9.17, 15) is 17.6 Å². The quantitative estimate of drug-likeness (QED) is 0.819. The summed E-state index contributed by atoms with van der Waals surface area (Å²) in [5.41, 5.74) is 0. The normalized spacial score (nSPS) is 19.7. The van der Waals surface area contributed by atoms with E-state index in [-0.39, 0.29) is 17.7 Å². The second kappa shape index (κ2) is 8.24. The van der Waals surface area contributed by atoms with E-state index >= 15 is 0 Å². The summed E-state index contributed by atoms with van der Waals surface area (Å²) in [6.45, 7) is 2.27. The molecule has 1 aliphatic rings. The Balaban J connectivity index is 1.94. The molecule has 2 atom stereocenters. The van der Waals surface area contributed by atoms with Crippen LogP contribution in [0.1, 0.15) is 26.2 Å². The van der Waals surface area contributed by atoms with Gasteiger partial charge in [0.05, 0.1) is 12.7 Å². The van der Waals surface area contributed by atoms with Gasteiger partial charge in [-0.05, 0) is 44.4 Å². The van der Waals surface area contributed by atoms with Gasteiger partial charge in [0.2, 0.25) is 0 Å². The standard InChI is InChI=1S/C15H19ClFNO5S/c1-10(23-9-12-4-2-3-7-22-12)15(19)18-24(20,21)14-6-5-11(16)8-13(14)17/h5-6,8,10,12H,2-4,7,9H2,1H3,(H,18,19)/t10-,12-/m1/s1. The predicted molar refractivity (Wildman–Crippen MR) is 85.7 cm³/mol. The zero-order valence-corrected chi connectivity index (χ0v) is 14.7. The van der Waals surface area contributed by atoms with Crippen molar-refractivity contribution in [3.8, 4) is 0 Å². The summed E-state index contributed by atoms with van der Waals surface area (Å²) >= 11 is 5.58. The number of nitrogens with one attached hydrogen (secondary N) is 1. The summed E-state index contributed by atoms with van der Waals surface area (Å²) in [5, 5.41) is 0.0574. The molecule has 0 unspecified atom stereocenters. The van der Waals surface area contributed by atoms with Gasteiger partial charge in [-0.3, -0.25) is 4.79 Å². The molecule has 0 bridgehead atoms. The van der Waals surface area contributed by atoms with Gasteiger partial charge in [0.15, 0.2) is 0 Å². The van der Waals surface area contributed by atoms with Crippen molar-refractivity contribution >= 4 is 27.5 Å². The van der Waals surface area contributed by atoms with Crippen molar-refractivity contribution in [3.05, 3.63) is 29.0 Å². The number of carbonyl (C=O) groups excluding carboxylic acids is 1. The van der Waals surface area contributed by atoms with Crippen molar-refractivity contribution in [3.63, 3.8) is 0 Å². The second-order valence-electron chi connectivity index (χ2n) is 5.51. The Hall–Kier alpha value is -1.22. The lowest BCUT2D eigenvalue weighted by molar-refractivity contribution is -0.133. The molecule has 1 N–H and O–H groups in total. The zero-order chi connectivity index (χ0) is 17.7. The topological polar surface area (TPSA) is 81.7 Å². The Morgan fingerprint density at radius 3 is 2.88 bits per heavy atom. The van der Waals surface area contributed by atoms with Crippen LogP contribution in [0.2, 0.25) is 5.02 Å². The van der Waals surface area contributed by atoms with Crippen molar-refractivity contribution in [2.45, 2.75) is 43.3 Å². The summed E-state index contributed by atoms with van der Waals surface area (Å²) in [6, 6.07) is 3.08. The molecule has 0 spiro atoms. The molecule has 0 radical (unpaired) electrons. The SMILES string of the molecule is C[C@@H](OC[C@H]1CCCCO1)C(=O)NS(=O)(=O)c1ccc(Cl)cc1F.